The molecule has 0 saturated heterocycles. The Balaban J connectivity index is 1.15. The lowest BCUT2D eigenvalue weighted by Crippen LogP contribution is -2.29. The minimum Gasteiger partial charge on any atom is -0.228 e. The van der Waals surface area contributed by atoms with Crippen LogP contribution in [-0.4, -0.2) is 9.97 Å². The van der Waals surface area contributed by atoms with Crippen molar-refractivity contribution in [2.75, 3.05) is 0 Å². The highest BCUT2D eigenvalue weighted by molar-refractivity contribution is 6.01. The van der Waals surface area contributed by atoms with Crippen LogP contribution in [0.25, 0.3) is 89.5 Å². The number of rotatable bonds is 5. The van der Waals surface area contributed by atoms with Gasteiger partial charge in [-0.2, -0.15) is 0 Å². The molecule has 0 saturated carbocycles. The van der Waals surface area contributed by atoms with Crippen molar-refractivity contribution < 1.29 is 0 Å². The van der Waals surface area contributed by atoms with Crippen LogP contribution in [0, 0.1) is 0 Å². The molecule has 2 heteroatoms. The van der Waals surface area contributed by atoms with Crippen molar-refractivity contribution in [1.29, 1.82) is 0 Å². The molecule has 2 aliphatic rings. The predicted octanol–water partition coefficient (Wildman–Crippen LogP) is 14.8. The van der Waals surface area contributed by atoms with E-state index in [9.17, 15) is 0 Å². The Bertz CT molecular complexity index is 3240. The van der Waals surface area contributed by atoms with Crippen molar-refractivity contribution in [3.05, 3.63) is 253 Å². The molecular formula is C59H38N2. The third kappa shape index (κ3) is 5.43. The zero-order valence-corrected chi connectivity index (χ0v) is 33.3. The van der Waals surface area contributed by atoms with Gasteiger partial charge in [-0.3, -0.25) is 0 Å². The fourth-order valence-corrected chi connectivity index (χ4v) is 10.2. The Morgan fingerprint density at radius 3 is 1.30 bits per heavy atom. The zero-order chi connectivity index (χ0) is 40.3. The molecule has 0 amide bonds. The van der Waals surface area contributed by atoms with E-state index in [1.807, 2.05) is 0 Å². The largest absolute Gasteiger partial charge is 0.228 e. The van der Waals surface area contributed by atoms with Crippen molar-refractivity contribution in [2.45, 2.75) is 5.41 Å². The van der Waals surface area contributed by atoms with Crippen LogP contribution in [0.2, 0.25) is 0 Å². The van der Waals surface area contributed by atoms with Gasteiger partial charge in [0, 0.05) is 16.7 Å². The topological polar surface area (TPSA) is 25.8 Å². The quantitative estimate of drug-likeness (QED) is 0.174. The smallest absolute Gasteiger partial charge is 0.160 e. The highest BCUT2D eigenvalue weighted by Gasteiger charge is 2.50. The first-order chi connectivity index (χ1) is 30.3. The third-order valence-electron chi connectivity index (χ3n) is 12.8. The van der Waals surface area contributed by atoms with E-state index in [1.54, 1.807) is 0 Å². The van der Waals surface area contributed by atoms with Gasteiger partial charge in [-0.25, -0.2) is 9.97 Å². The van der Waals surface area contributed by atoms with E-state index >= 15 is 0 Å². The Kier molecular flexibility index (Phi) is 8.11. The summed E-state index contributed by atoms with van der Waals surface area (Å²) >= 11 is 0. The van der Waals surface area contributed by atoms with Crippen molar-refractivity contribution in [1.82, 2.24) is 9.97 Å². The Morgan fingerprint density at radius 1 is 0.246 bits per heavy atom. The number of aromatic nitrogens is 2. The van der Waals surface area contributed by atoms with Gasteiger partial charge in [0.25, 0.3) is 0 Å². The summed E-state index contributed by atoms with van der Waals surface area (Å²) in [5, 5.41) is 0. The minimum absolute atomic E-state index is 0.587. The lowest BCUT2D eigenvalue weighted by Gasteiger charge is -2.35. The van der Waals surface area contributed by atoms with Gasteiger partial charge in [0.1, 0.15) is 0 Å². The van der Waals surface area contributed by atoms with E-state index in [4.69, 9.17) is 9.97 Å². The fraction of sp³-hybridized carbons (Fsp3) is 0.0169. The van der Waals surface area contributed by atoms with E-state index in [0.717, 1.165) is 50.3 Å². The first-order valence-electron chi connectivity index (χ1n) is 21.0. The number of hydrogen-bond acceptors (Lipinski definition) is 2. The summed E-state index contributed by atoms with van der Waals surface area (Å²) in [4.78, 5) is 11.0. The molecule has 0 aliphatic heterocycles. The van der Waals surface area contributed by atoms with Crippen LogP contribution in [0.15, 0.2) is 231 Å². The lowest BCUT2D eigenvalue weighted by molar-refractivity contribution is 0.775. The van der Waals surface area contributed by atoms with E-state index in [0.29, 0.717) is 5.82 Å². The maximum Gasteiger partial charge on any atom is 0.160 e. The molecule has 12 rings (SSSR count). The molecule has 0 N–H and O–H groups in total. The van der Waals surface area contributed by atoms with Crippen molar-refractivity contribution in [3.8, 4) is 89.5 Å². The van der Waals surface area contributed by atoms with Gasteiger partial charge in [-0.15, -0.1) is 0 Å². The predicted molar refractivity (Wildman–Crippen MR) is 251 cm³/mol. The van der Waals surface area contributed by atoms with E-state index in [2.05, 4.69) is 231 Å². The molecule has 0 bridgehead atoms. The second kappa shape index (κ2) is 14.1. The van der Waals surface area contributed by atoms with Crippen molar-refractivity contribution in [3.63, 3.8) is 0 Å². The van der Waals surface area contributed by atoms with Crippen LogP contribution >= 0.6 is 0 Å². The maximum atomic E-state index is 5.55. The second-order valence-electron chi connectivity index (χ2n) is 16.0. The first kappa shape index (κ1) is 35.0. The number of fused-ring (bicyclic) bond motifs is 12. The van der Waals surface area contributed by atoms with Gasteiger partial charge in [-0.05, 0) is 90.0 Å². The van der Waals surface area contributed by atoms with Crippen molar-refractivity contribution in [2.24, 2.45) is 0 Å². The molecule has 0 fully saturated rings. The molecular weight excluding hydrogens is 737 g/mol. The third-order valence-corrected chi connectivity index (χ3v) is 12.8. The minimum atomic E-state index is -0.587. The molecule has 61 heavy (non-hydrogen) atoms. The first-order valence-corrected chi connectivity index (χ1v) is 21.0. The highest BCUT2D eigenvalue weighted by Crippen LogP contribution is 2.62. The van der Waals surface area contributed by atoms with Crippen LogP contribution in [0.5, 0.6) is 0 Å². The van der Waals surface area contributed by atoms with E-state index < -0.39 is 5.41 Å². The van der Waals surface area contributed by atoms with Gasteiger partial charge in [-0.1, -0.05) is 218 Å². The fourth-order valence-electron chi connectivity index (χ4n) is 10.2. The van der Waals surface area contributed by atoms with Gasteiger partial charge in [0.05, 0.1) is 16.8 Å². The molecule has 10 aromatic rings. The van der Waals surface area contributed by atoms with Crippen LogP contribution in [0.3, 0.4) is 0 Å². The molecule has 0 radical (unpaired) electrons. The van der Waals surface area contributed by atoms with Crippen LogP contribution < -0.4 is 0 Å². The summed E-state index contributed by atoms with van der Waals surface area (Å²) in [7, 11) is 0. The second-order valence-corrected chi connectivity index (χ2v) is 16.0. The van der Waals surface area contributed by atoms with Gasteiger partial charge in [0.15, 0.2) is 5.82 Å². The molecule has 9 aromatic carbocycles. The average Bonchev–Trinajstić information content (AvgIpc) is 3.59. The van der Waals surface area contributed by atoms with E-state index in [-0.39, 0.29) is 0 Å². The highest BCUT2D eigenvalue weighted by atomic mass is 14.9. The average molecular weight is 775 g/mol. The Hall–Kier alpha value is -7.94. The molecule has 284 valence electrons. The normalized spacial score (nSPS) is 12.7. The zero-order valence-electron chi connectivity index (χ0n) is 33.3. The van der Waals surface area contributed by atoms with Gasteiger partial charge >= 0.3 is 0 Å². The SMILES string of the molecule is c1ccc(-c2cccc(-c3nc(-c4ccccc4-c4ccccc4)cc(-c4cccc5c4-c4ccccc4C54c5ccccc5-c5ccccc5-c5ccccc54)n3)c2)cc1. The number of benzene rings is 9. The Morgan fingerprint density at radius 2 is 0.656 bits per heavy atom. The lowest BCUT2D eigenvalue weighted by atomic mass is 9.66. The summed E-state index contributed by atoms with van der Waals surface area (Å²) in [6.45, 7) is 0. The standard InChI is InChI=1S/C59H38N2/c1-3-19-39(20-4-1)41-23-17-24-42(37-41)58-60-55(48-30-10-7-25-43(48)40-21-5-2-6-22-40)38-56(61-58)50-32-18-36-54-57(50)49-31-13-16-35-53(49)59(54)51-33-14-11-28-46(51)44-26-8-9-27-45(44)47-29-12-15-34-52(47)59/h1-38H. The monoisotopic (exact) mass is 774 g/mol. The molecule has 1 spiro atoms. The Labute approximate surface area is 356 Å². The molecule has 1 heterocycles. The maximum absolute atomic E-state index is 5.55. The number of nitrogens with zero attached hydrogens (tertiary/aromatic N) is 2. The van der Waals surface area contributed by atoms with Crippen molar-refractivity contribution >= 4 is 0 Å². The van der Waals surface area contributed by atoms with Gasteiger partial charge in [0.2, 0.25) is 0 Å². The molecule has 1 aromatic heterocycles. The molecule has 0 atom stereocenters. The van der Waals surface area contributed by atoms with Crippen LogP contribution in [0.4, 0.5) is 0 Å². The summed E-state index contributed by atoms with van der Waals surface area (Å²) < 4.78 is 0. The molecule has 0 unspecified atom stereocenters. The van der Waals surface area contributed by atoms with Gasteiger partial charge < -0.3 is 0 Å². The van der Waals surface area contributed by atoms with Crippen LogP contribution in [0.1, 0.15) is 22.3 Å². The van der Waals surface area contributed by atoms with Crippen LogP contribution in [-0.2, 0) is 5.41 Å². The number of hydrogen-bond donors (Lipinski definition) is 0. The summed E-state index contributed by atoms with van der Waals surface area (Å²) in [6, 6.07) is 83.5. The molecule has 2 nitrogen and oxygen atoms in total. The summed E-state index contributed by atoms with van der Waals surface area (Å²) in [5.41, 5.74) is 21.4. The summed E-state index contributed by atoms with van der Waals surface area (Å²) in [6.07, 6.45) is 0. The summed E-state index contributed by atoms with van der Waals surface area (Å²) in [5.74, 6) is 0.687. The van der Waals surface area contributed by atoms with E-state index in [1.165, 1.54) is 55.6 Å². The molecule has 2 aliphatic carbocycles.